The fourth-order valence-corrected chi connectivity index (χ4v) is 3.37. The number of hydrogen-bond acceptors (Lipinski definition) is 9. The Labute approximate surface area is 169 Å². The van der Waals surface area contributed by atoms with Crippen LogP contribution in [-0.2, 0) is 33.3 Å². The second-order valence-corrected chi connectivity index (χ2v) is 7.28. The van der Waals surface area contributed by atoms with E-state index in [1.165, 1.54) is 13.8 Å². The van der Waals surface area contributed by atoms with Crippen LogP contribution in [0.5, 0.6) is 11.5 Å². The molecule has 2 aliphatic heterocycles. The fourth-order valence-electron chi connectivity index (χ4n) is 3.37. The van der Waals surface area contributed by atoms with Crippen molar-refractivity contribution in [1.82, 2.24) is 0 Å². The van der Waals surface area contributed by atoms with Crippen LogP contribution in [0.3, 0.4) is 0 Å². The maximum atomic E-state index is 11.7. The first-order valence-electron chi connectivity index (χ1n) is 9.31. The van der Waals surface area contributed by atoms with Gasteiger partial charge in [0.15, 0.2) is 11.9 Å². The monoisotopic (exact) mass is 410 g/mol. The Kier molecular flexibility index (Phi) is 6.30. The number of ether oxygens (including phenoxy) is 7. The van der Waals surface area contributed by atoms with Gasteiger partial charge in [0, 0.05) is 13.8 Å². The molecule has 0 bridgehead atoms. The van der Waals surface area contributed by atoms with Crippen molar-refractivity contribution in [3.05, 3.63) is 24.3 Å². The van der Waals surface area contributed by atoms with E-state index >= 15 is 0 Å². The third kappa shape index (κ3) is 5.17. The molecule has 29 heavy (non-hydrogen) atoms. The van der Waals surface area contributed by atoms with E-state index in [9.17, 15) is 9.59 Å². The molecule has 5 atom stereocenters. The summed E-state index contributed by atoms with van der Waals surface area (Å²) in [6.07, 6.45) is -3.81. The van der Waals surface area contributed by atoms with Crippen LogP contribution in [-0.4, -0.2) is 62.1 Å². The zero-order chi connectivity index (χ0) is 21.2. The van der Waals surface area contributed by atoms with Crippen LogP contribution >= 0.6 is 0 Å². The van der Waals surface area contributed by atoms with E-state index in [-0.39, 0.29) is 6.61 Å². The molecule has 9 heteroatoms. The summed E-state index contributed by atoms with van der Waals surface area (Å²) < 4.78 is 39.6. The average Bonchev–Trinajstić information content (AvgIpc) is 2.98. The number of rotatable bonds is 6. The number of hydrogen-bond donors (Lipinski definition) is 0. The Balaban J connectivity index is 1.85. The van der Waals surface area contributed by atoms with Crippen LogP contribution in [0.4, 0.5) is 0 Å². The minimum absolute atomic E-state index is 0.0504. The Morgan fingerprint density at radius 2 is 1.62 bits per heavy atom. The normalized spacial score (nSPS) is 30.2. The number of methoxy groups -OCH3 is 1. The second-order valence-electron chi connectivity index (χ2n) is 7.28. The summed E-state index contributed by atoms with van der Waals surface area (Å²) in [7, 11) is 1.57. The summed E-state index contributed by atoms with van der Waals surface area (Å²) >= 11 is 0. The minimum Gasteiger partial charge on any atom is -0.497 e. The van der Waals surface area contributed by atoms with Crippen LogP contribution in [0, 0.1) is 0 Å². The lowest BCUT2D eigenvalue weighted by Gasteiger charge is -2.40. The van der Waals surface area contributed by atoms with Crippen LogP contribution in [0.1, 0.15) is 27.7 Å². The van der Waals surface area contributed by atoms with Crippen LogP contribution in [0.25, 0.3) is 0 Å². The van der Waals surface area contributed by atoms with Gasteiger partial charge in [-0.3, -0.25) is 9.59 Å². The van der Waals surface area contributed by atoms with E-state index in [1.54, 1.807) is 45.2 Å². The molecule has 2 saturated heterocycles. The van der Waals surface area contributed by atoms with Crippen molar-refractivity contribution in [1.29, 1.82) is 0 Å². The molecule has 1 aromatic carbocycles. The molecule has 2 fully saturated rings. The highest BCUT2D eigenvalue weighted by Crippen LogP contribution is 2.39. The quantitative estimate of drug-likeness (QED) is 0.650. The summed E-state index contributed by atoms with van der Waals surface area (Å²) in [6, 6.07) is 6.87. The molecule has 2 heterocycles. The Morgan fingerprint density at radius 1 is 1.00 bits per heavy atom. The van der Waals surface area contributed by atoms with E-state index in [4.69, 9.17) is 33.2 Å². The zero-order valence-electron chi connectivity index (χ0n) is 17.1. The van der Waals surface area contributed by atoms with Crippen LogP contribution < -0.4 is 9.47 Å². The van der Waals surface area contributed by atoms with Crippen molar-refractivity contribution in [3.63, 3.8) is 0 Å². The minimum atomic E-state index is -0.994. The van der Waals surface area contributed by atoms with Gasteiger partial charge in [-0.1, -0.05) is 0 Å². The lowest BCUT2D eigenvalue weighted by molar-refractivity contribution is -0.261. The SMILES string of the molecule is COc1ccc(OC2OC(COC(C)=O)C3OC(C)(C)OC3C2OC(C)=O)cc1. The van der Waals surface area contributed by atoms with Gasteiger partial charge in [-0.2, -0.15) is 0 Å². The van der Waals surface area contributed by atoms with Crippen molar-refractivity contribution in [2.45, 2.75) is 64.2 Å². The first-order valence-corrected chi connectivity index (χ1v) is 9.31. The molecule has 0 aliphatic carbocycles. The molecule has 9 nitrogen and oxygen atoms in total. The highest BCUT2D eigenvalue weighted by atomic mass is 16.8. The molecule has 0 amide bonds. The lowest BCUT2D eigenvalue weighted by Crippen LogP contribution is -2.60. The van der Waals surface area contributed by atoms with Gasteiger partial charge >= 0.3 is 11.9 Å². The lowest BCUT2D eigenvalue weighted by atomic mass is 9.99. The average molecular weight is 410 g/mol. The number of esters is 2. The predicted molar refractivity (Wildman–Crippen MR) is 98.3 cm³/mol. The van der Waals surface area contributed by atoms with E-state index in [1.807, 2.05) is 0 Å². The Morgan fingerprint density at radius 3 is 2.21 bits per heavy atom. The third-order valence-corrected chi connectivity index (χ3v) is 4.50. The summed E-state index contributed by atoms with van der Waals surface area (Å²) in [4.78, 5) is 23.0. The van der Waals surface area contributed by atoms with Crippen molar-refractivity contribution in [3.8, 4) is 11.5 Å². The highest BCUT2D eigenvalue weighted by Gasteiger charge is 2.57. The van der Waals surface area contributed by atoms with Gasteiger partial charge in [0.25, 0.3) is 0 Å². The summed E-state index contributed by atoms with van der Waals surface area (Å²) in [6.45, 7) is 6.05. The molecule has 0 radical (unpaired) electrons. The molecule has 1 aromatic rings. The number of benzene rings is 1. The van der Waals surface area contributed by atoms with Crippen molar-refractivity contribution in [2.75, 3.05) is 13.7 Å². The van der Waals surface area contributed by atoms with Crippen molar-refractivity contribution in [2.24, 2.45) is 0 Å². The largest absolute Gasteiger partial charge is 0.497 e. The Hall–Kier alpha value is -2.36. The predicted octanol–water partition coefficient (Wildman–Crippen LogP) is 1.81. The number of fused-ring (bicyclic) bond motifs is 1. The molecule has 160 valence electrons. The van der Waals surface area contributed by atoms with E-state index in [0.717, 1.165) is 0 Å². The van der Waals surface area contributed by atoms with E-state index < -0.39 is 48.4 Å². The van der Waals surface area contributed by atoms with Crippen molar-refractivity contribution >= 4 is 11.9 Å². The van der Waals surface area contributed by atoms with Gasteiger partial charge in [0.05, 0.1) is 7.11 Å². The van der Waals surface area contributed by atoms with Crippen LogP contribution in [0.15, 0.2) is 24.3 Å². The van der Waals surface area contributed by atoms with Crippen LogP contribution in [0.2, 0.25) is 0 Å². The third-order valence-electron chi connectivity index (χ3n) is 4.50. The van der Waals surface area contributed by atoms with E-state index in [2.05, 4.69) is 0 Å². The number of carbonyl (C=O) groups excluding carboxylic acids is 2. The molecule has 0 N–H and O–H groups in total. The topological polar surface area (TPSA) is 98.8 Å². The molecule has 0 aromatic heterocycles. The molecule has 2 aliphatic rings. The molecular weight excluding hydrogens is 384 g/mol. The van der Waals surface area contributed by atoms with Gasteiger partial charge in [0.2, 0.25) is 6.29 Å². The standard InChI is InChI=1S/C20H26O9/c1-11(21)24-10-15-16-17(29-20(3,4)28-16)18(25-12(2)22)19(27-15)26-14-8-6-13(23-5)7-9-14/h6-9,15-19H,10H2,1-5H3. The maximum absolute atomic E-state index is 11.7. The molecule has 0 spiro atoms. The van der Waals surface area contributed by atoms with Crippen molar-refractivity contribution < 1.29 is 42.7 Å². The molecule has 0 saturated carbocycles. The summed E-state index contributed by atoms with van der Waals surface area (Å²) in [5.74, 6) is -0.734. The van der Waals surface area contributed by atoms with Gasteiger partial charge < -0.3 is 33.2 Å². The van der Waals surface area contributed by atoms with Gasteiger partial charge in [-0.05, 0) is 38.1 Å². The van der Waals surface area contributed by atoms with Gasteiger partial charge in [-0.15, -0.1) is 0 Å². The fraction of sp³-hybridized carbons (Fsp3) is 0.600. The Bertz CT molecular complexity index is 730. The summed E-state index contributed by atoms with van der Waals surface area (Å²) in [5, 5.41) is 0. The smallest absolute Gasteiger partial charge is 0.303 e. The molecule has 3 rings (SSSR count). The van der Waals surface area contributed by atoms with Gasteiger partial charge in [-0.25, -0.2) is 0 Å². The second kappa shape index (κ2) is 8.56. The molecule has 5 unspecified atom stereocenters. The maximum Gasteiger partial charge on any atom is 0.303 e. The zero-order valence-corrected chi connectivity index (χ0v) is 17.1. The first kappa shape index (κ1) is 21.4. The van der Waals surface area contributed by atoms with Gasteiger partial charge in [0.1, 0.15) is 36.4 Å². The summed E-state index contributed by atoms with van der Waals surface area (Å²) in [5.41, 5.74) is 0. The van der Waals surface area contributed by atoms with E-state index in [0.29, 0.717) is 11.5 Å². The number of carbonyl (C=O) groups is 2. The first-order chi connectivity index (χ1) is 13.7. The molecular formula is C20H26O9. The highest BCUT2D eigenvalue weighted by molar-refractivity contribution is 5.66.